The van der Waals surface area contributed by atoms with E-state index in [0.717, 1.165) is 12.8 Å². The first-order valence-corrected chi connectivity index (χ1v) is 5.78. The predicted octanol–water partition coefficient (Wildman–Crippen LogP) is 2.45. The van der Waals surface area contributed by atoms with Gasteiger partial charge in [-0.3, -0.25) is 4.79 Å². The SMILES string of the molecule is C#CC(CCC)NC(=O)c1cc(N)ccc1Cl. The third kappa shape index (κ3) is 3.69. The summed E-state index contributed by atoms with van der Waals surface area (Å²) in [7, 11) is 0. The van der Waals surface area contributed by atoms with Crippen LogP contribution in [-0.4, -0.2) is 11.9 Å². The third-order valence-electron chi connectivity index (χ3n) is 2.32. The summed E-state index contributed by atoms with van der Waals surface area (Å²) in [6.07, 6.45) is 6.97. The number of nitrogens with two attached hydrogens (primary N) is 1. The number of nitrogen functional groups attached to an aromatic ring is 1. The van der Waals surface area contributed by atoms with E-state index in [9.17, 15) is 4.79 Å². The molecule has 0 fully saturated rings. The van der Waals surface area contributed by atoms with Gasteiger partial charge >= 0.3 is 0 Å². The first-order chi connectivity index (χ1) is 8.08. The highest BCUT2D eigenvalue weighted by Gasteiger charge is 2.14. The van der Waals surface area contributed by atoms with Gasteiger partial charge in [0.2, 0.25) is 0 Å². The van der Waals surface area contributed by atoms with Crippen molar-refractivity contribution in [1.82, 2.24) is 5.32 Å². The van der Waals surface area contributed by atoms with Crippen molar-refractivity contribution in [2.24, 2.45) is 0 Å². The van der Waals surface area contributed by atoms with Gasteiger partial charge in [0.05, 0.1) is 16.6 Å². The highest BCUT2D eigenvalue weighted by molar-refractivity contribution is 6.34. The van der Waals surface area contributed by atoms with Gasteiger partial charge in [0.25, 0.3) is 5.91 Å². The lowest BCUT2D eigenvalue weighted by molar-refractivity contribution is 0.0944. The zero-order valence-corrected chi connectivity index (χ0v) is 10.4. The van der Waals surface area contributed by atoms with E-state index in [1.54, 1.807) is 12.1 Å². The topological polar surface area (TPSA) is 55.1 Å². The third-order valence-corrected chi connectivity index (χ3v) is 2.65. The van der Waals surface area contributed by atoms with Crippen molar-refractivity contribution < 1.29 is 4.79 Å². The molecular formula is C13H15ClN2O. The Kier molecular flexibility index (Phi) is 4.86. The number of halogens is 1. The number of carbonyl (C=O) groups is 1. The van der Waals surface area contributed by atoms with E-state index in [0.29, 0.717) is 16.3 Å². The van der Waals surface area contributed by atoms with Gasteiger partial charge in [-0.25, -0.2) is 0 Å². The minimum absolute atomic E-state index is 0.273. The number of benzene rings is 1. The van der Waals surface area contributed by atoms with Crippen LogP contribution >= 0.6 is 11.6 Å². The van der Waals surface area contributed by atoms with Gasteiger partial charge in [-0.2, -0.15) is 0 Å². The number of hydrogen-bond donors (Lipinski definition) is 2. The summed E-state index contributed by atoms with van der Waals surface area (Å²) in [5.41, 5.74) is 6.45. The van der Waals surface area contributed by atoms with Crippen molar-refractivity contribution in [2.45, 2.75) is 25.8 Å². The van der Waals surface area contributed by atoms with Crippen molar-refractivity contribution in [3.8, 4) is 12.3 Å². The Hall–Kier alpha value is -1.66. The molecule has 0 heterocycles. The van der Waals surface area contributed by atoms with E-state index in [2.05, 4.69) is 11.2 Å². The van der Waals surface area contributed by atoms with Gasteiger partial charge in [-0.15, -0.1) is 6.42 Å². The molecule has 0 saturated carbocycles. The molecule has 0 aliphatic carbocycles. The quantitative estimate of drug-likeness (QED) is 0.637. The molecule has 0 saturated heterocycles. The van der Waals surface area contributed by atoms with Gasteiger partial charge in [0, 0.05) is 5.69 Å². The molecule has 0 aliphatic heterocycles. The maximum absolute atomic E-state index is 11.9. The smallest absolute Gasteiger partial charge is 0.253 e. The maximum Gasteiger partial charge on any atom is 0.253 e. The van der Waals surface area contributed by atoms with Gasteiger partial charge in [0.1, 0.15) is 0 Å². The zero-order chi connectivity index (χ0) is 12.8. The molecule has 17 heavy (non-hydrogen) atoms. The molecule has 1 atom stereocenters. The van der Waals surface area contributed by atoms with E-state index in [4.69, 9.17) is 23.8 Å². The number of rotatable bonds is 4. The summed E-state index contributed by atoms with van der Waals surface area (Å²) in [6, 6.07) is 4.50. The summed E-state index contributed by atoms with van der Waals surface area (Å²) < 4.78 is 0. The lowest BCUT2D eigenvalue weighted by atomic mass is 10.1. The average molecular weight is 251 g/mol. The van der Waals surface area contributed by atoms with Gasteiger partial charge in [-0.05, 0) is 24.6 Å². The van der Waals surface area contributed by atoms with Crippen LogP contribution in [0.15, 0.2) is 18.2 Å². The number of carbonyl (C=O) groups excluding carboxylic acids is 1. The lowest BCUT2D eigenvalue weighted by Gasteiger charge is -2.13. The molecule has 0 aliphatic rings. The molecule has 1 aromatic rings. The minimum atomic E-state index is -0.293. The monoisotopic (exact) mass is 250 g/mol. The van der Waals surface area contributed by atoms with Crippen LogP contribution in [0.1, 0.15) is 30.1 Å². The van der Waals surface area contributed by atoms with Crippen molar-refractivity contribution in [3.05, 3.63) is 28.8 Å². The number of nitrogens with one attached hydrogen (secondary N) is 1. The van der Waals surface area contributed by atoms with Crippen LogP contribution in [0.4, 0.5) is 5.69 Å². The molecular weight excluding hydrogens is 236 g/mol. The van der Waals surface area contributed by atoms with Crippen molar-refractivity contribution in [2.75, 3.05) is 5.73 Å². The number of amides is 1. The van der Waals surface area contributed by atoms with Crippen LogP contribution in [0.2, 0.25) is 5.02 Å². The summed E-state index contributed by atoms with van der Waals surface area (Å²) in [5.74, 6) is 2.24. The zero-order valence-electron chi connectivity index (χ0n) is 9.66. The minimum Gasteiger partial charge on any atom is -0.399 e. The molecule has 0 spiro atoms. The molecule has 1 amide bonds. The molecule has 3 N–H and O–H groups in total. The van der Waals surface area contributed by atoms with Crippen LogP contribution in [0, 0.1) is 12.3 Å². The average Bonchev–Trinajstić information content (AvgIpc) is 2.31. The number of hydrogen-bond acceptors (Lipinski definition) is 2. The van der Waals surface area contributed by atoms with E-state index in [1.807, 2.05) is 6.92 Å². The van der Waals surface area contributed by atoms with E-state index in [-0.39, 0.29) is 11.9 Å². The Balaban J connectivity index is 2.83. The fourth-order valence-electron chi connectivity index (χ4n) is 1.44. The van der Waals surface area contributed by atoms with Crippen LogP contribution < -0.4 is 11.1 Å². The Morgan fingerprint density at radius 2 is 2.35 bits per heavy atom. The Labute approximate surface area is 106 Å². The second-order valence-electron chi connectivity index (χ2n) is 3.72. The molecule has 90 valence electrons. The standard InChI is InChI=1S/C13H15ClN2O/c1-3-5-10(4-2)16-13(17)11-8-9(15)6-7-12(11)14/h2,6-8,10H,3,5,15H2,1H3,(H,16,17). The number of anilines is 1. The summed E-state index contributed by atoms with van der Waals surface area (Å²) in [4.78, 5) is 11.9. The van der Waals surface area contributed by atoms with Crippen LogP contribution in [0.25, 0.3) is 0 Å². The van der Waals surface area contributed by atoms with Crippen molar-refractivity contribution >= 4 is 23.2 Å². The Morgan fingerprint density at radius 3 is 2.94 bits per heavy atom. The highest BCUT2D eigenvalue weighted by atomic mass is 35.5. The fourth-order valence-corrected chi connectivity index (χ4v) is 1.64. The normalized spacial score (nSPS) is 11.6. The molecule has 0 bridgehead atoms. The first kappa shape index (κ1) is 13.4. The summed E-state index contributed by atoms with van der Waals surface area (Å²) in [6.45, 7) is 2.00. The summed E-state index contributed by atoms with van der Waals surface area (Å²) >= 11 is 5.93. The Bertz CT molecular complexity index is 451. The van der Waals surface area contributed by atoms with Gasteiger partial charge < -0.3 is 11.1 Å². The molecule has 3 nitrogen and oxygen atoms in total. The second-order valence-corrected chi connectivity index (χ2v) is 4.13. The molecule has 1 aromatic carbocycles. The number of terminal acetylenes is 1. The molecule has 0 radical (unpaired) electrons. The first-order valence-electron chi connectivity index (χ1n) is 5.40. The van der Waals surface area contributed by atoms with E-state index in [1.165, 1.54) is 6.07 Å². The molecule has 1 unspecified atom stereocenters. The van der Waals surface area contributed by atoms with Gasteiger partial charge in [-0.1, -0.05) is 30.9 Å². The Morgan fingerprint density at radius 1 is 1.65 bits per heavy atom. The largest absolute Gasteiger partial charge is 0.399 e. The summed E-state index contributed by atoms with van der Waals surface area (Å²) in [5, 5.41) is 3.10. The fraction of sp³-hybridized carbons (Fsp3) is 0.308. The van der Waals surface area contributed by atoms with Crippen LogP contribution in [0.3, 0.4) is 0 Å². The highest BCUT2D eigenvalue weighted by Crippen LogP contribution is 2.18. The van der Waals surface area contributed by atoms with E-state index < -0.39 is 0 Å². The van der Waals surface area contributed by atoms with Crippen molar-refractivity contribution in [1.29, 1.82) is 0 Å². The van der Waals surface area contributed by atoms with E-state index >= 15 is 0 Å². The molecule has 0 aromatic heterocycles. The molecule has 1 rings (SSSR count). The molecule has 4 heteroatoms. The van der Waals surface area contributed by atoms with Gasteiger partial charge in [0.15, 0.2) is 0 Å². The van der Waals surface area contributed by atoms with Crippen LogP contribution in [0.5, 0.6) is 0 Å². The second kappa shape index (κ2) is 6.17. The maximum atomic E-state index is 11.9. The van der Waals surface area contributed by atoms with Crippen molar-refractivity contribution in [3.63, 3.8) is 0 Å². The van der Waals surface area contributed by atoms with Crippen LogP contribution in [-0.2, 0) is 0 Å². The predicted molar refractivity (Wildman–Crippen MR) is 70.9 cm³/mol. The lowest BCUT2D eigenvalue weighted by Crippen LogP contribution is -2.33.